The van der Waals surface area contributed by atoms with E-state index in [1.807, 2.05) is 32.0 Å². The molecular weight excluding hydrogens is 250 g/mol. The van der Waals surface area contributed by atoms with Crippen LogP contribution >= 0.6 is 0 Å². The summed E-state index contributed by atoms with van der Waals surface area (Å²) in [5.74, 6) is 0.834. The quantitative estimate of drug-likeness (QED) is 0.785. The minimum Gasteiger partial charge on any atom is -0.398 e. The number of nitrogens with zero attached hydrogens (tertiary/aromatic N) is 1. The minimum atomic E-state index is -0.110. The van der Waals surface area contributed by atoms with Crippen LogP contribution in [0.2, 0.25) is 0 Å². The molecule has 1 unspecified atom stereocenters. The molecule has 1 aliphatic rings. The third-order valence-electron chi connectivity index (χ3n) is 4.16. The number of nitrogens with one attached hydrogen (secondary N) is 1. The Kier molecular flexibility index (Phi) is 4.65. The van der Waals surface area contributed by atoms with E-state index in [-0.39, 0.29) is 11.9 Å². The summed E-state index contributed by atoms with van der Waals surface area (Å²) in [5.41, 5.74) is 8.32. The number of nitrogen functional groups attached to an aromatic ring is 1. The SMILES string of the molecule is CCN(CC1CC1)C(C)C(=O)Nc1cccc(N)c1C. The fourth-order valence-electron chi connectivity index (χ4n) is 2.39. The van der Waals surface area contributed by atoms with Gasteiger partial charge in [-0.2, -0.15) is 0 Å². The van der Waals surface area contributed by atoms with E-state index in [0.717, 1.165) is 30.3 Å². The van der Waals surface area contributed by atoms with Gasteiger partial charge in [0.15, 0.2) is 0 Å². The molecule has 1 aliphatic carbocycles. The first-order valence-corrected chi connectivity index (χ1v) is 7.43. The molecule has 4 nitrogen and oxygen atoms in total. The summed E-state index contributed by atoms with van der Waals surface area (Å²) in [7, 11) is 0. The first-order valence-electron chi connectivity index (χ1n) is 7.43. The van der Waals surface area contributed by atoms with Gasteiger partial charge in [-0.1, -0.05) is 13.0 Å². The molecule has 2 rings (SSSR count). The van der Waals surface area contributed by atoms with Crippen molar-refractivity contribution in [1.29, 1.82) is 0 Å². The third-order valence-corrected chi connectivity index (χ3v) is 4.16. The maximum absolute atomic E-state index is 12.4. The predicted molar refractivity (Wildman–Crippen MR) is 83.7 cm³/mol. The Morgan fingerprint density at radius 3 is 2.80 bits per heavy atom. The summed E-state index contributed by atoms with van der Waals surface area (Å²) < 4.78 is 0. The lowest BCUT2D eigenvalue weighted by molar-refractivity contribution is -0.120. The van der Waals surface area contributed by atoms with Crippen LogP contribution in [0, 0.1) is 12.8 Å². The average Bonchev–Trinajstić information content (AvgIpc) is 3.24. The number of amides is 1. The van der Waals surface area contributed by atoms with E-state index in [1.54, 1.807) is 0 Å². The molecule has 4 heteroatoms. The van der Waals surface area contributed by atoms with E-state index < -0.39 is 0 Å². The van der Waals surface area contributed by atoms with Crippen molar-refractivity contribution in [3.05, 3.63) is 23.8 Å². The number of nitrogens with two attached hydrogens (primary N) is 1. The van der Waals surface area contributed by atoms with Gasteiger partial charge in [-0.15, -0.1) is 0 Å². The zero-order chi connectivity index (χ0) is 14.7. The molecule has 1 fully saturated rings. The molecule has 1 atom stereocenters. The van der Waals surface area contributed by atoms with E-state index in [4.69, 9.17) is 5.73 Å². The molecule has 0 saturated heterocycles. The summed E-state index contributed by atoms with van der Waals surface area (Å²) >= 11 is 0. The van der Waals surface area contributed by atoms with Crippen LogP contribution in [0.4, 0.5) is 11.4 Å². The van der Waals surface area contributed by atoms with Gasteiger partial charge < -0.3 is 11.1 Å². The molecule has 0 radical (unpaired) electrons. The Hall–Kier alpha value is -1.55. The minimum absolute atomic E-state index is 0.0428. The maximum Gasteiger partial charge on any atom is 0.241 e. The van der Waals surface area contributed by atoms with Crippen molar-refractivity contribution in [3.8, 4) is 0 Å². The number of rotatable bonds is 6. The summed E-state index contributed by atoms with van der Waals surface area (Å²) in [5, 5.41) is 3.00. The van der Waals surface area contributed by atoms with Crippen LogP contribution in [0.5, 0.6) is 0 Å². The topological polar surface area (TPSA) is 58.4 Å². The van der Waals surface area contributed by atoms with Crippen molar-refractivity contribution in [2.45, 2.75) is 39.7 Å². The zero-order valence-electron chi connectivity index (χ0n) is 12.6. The largest absolute Gasteiger partial charge is 0.398 e. The van der Waals surface area contributed by atoms with Gasteiger partial charge in [-0.3, -0.25) is 9.69 Å². The maximum atomic E-state index is 12.4. The van der Waals surface area contributed by atoms with Crippen molar-refractivity contribution in [2.24, 2.45) is 5.92 Å². The number of carbonyl (C=O) groups is 1. The number of hydrogen-bond donors (Lipinski definition) is 2. The summed E-state index contributed by atoms with van der Waals surface area (Å²) in [6.07, 6.45) is 2.61. The van der Waals surface area contributed by atoms with Crippen LogP contribution in [0.1, 0.15) is 32.3 Å². The van der Waals surface area contributed by atoms with E-state index in [1.165, 1.54) is 12.8 Å². The standard InChI is InChI=1S/C16H25N3O/c1-4-19(10-13-8-9-13)12(3)16(20)18-15-7-5-6-14(17)11(15)2/h5-7,12-13H,4,8-10,17H2,1-3H3,(H,18,20). The van der Waals surface area contributed by atoms with Gasteiger partial charge >= 0.3 is 0 Å². The smallest absolute Gasteiger partial charge is 0.241 e. The van der Waals surface area contributed by atoms with Gasteiger partial charge in [0.2, 0.25) is 5.91 Å². The van der Waals surface area contributed by atoms with Gasteiger partial charge in [0.05, 0.1) is 6.04 Å². The van der Waals surface area contributed by atoms with Gasteiger partial charge in [0.25, 0.3) is 0 Å². The number of hydrogen-bond acceptors (Lipinski definition) is 3. The van der Waals surface area contributed by atoms with Crippen molar-refractivity contribution in [3.63, 3.8) is 0 Å². The second-order valence-electron chi connectivity index (χ2n) is 5.72. The summed E-state index contributed by atoms with van der Waals surface area (Å²) in [6, 6.07) is 5.50. The highest BCUT2D eigenvalue weighted by Crippen LogP contribution is 2.30. The van der Waals surface area contributed by atoms with Crippen LogP contribution in [0.25, 0.3) is 0 Å². The summed E-state index contributed by atoms with van der Waals surface area (Å²) in [4.78, 5) is 14.6. The summed E-state index contributed by atoms with van der Waals surface area (Å²) in [6.45, 7) is 7.94. The molecule has 20 heavy (non-hydrogen) atoms. The van der Waals surface area contributed by atoms with Gasteiger partial charge in [0, 0.05) is 17.9 Å². The highest BCUT2D eigenvalue weighted by Gasteiger charge is 2.28. The van der Waals surface area contributed by atoms with Gasteiger partial charge in [-0.05, 0) is 56.8 Å². The van der Waals surface area contributed by atoms with Crippen molar-refractivity contribution in [1.82, 2.24) is 4.90 Å². The Labute approximate surface area is 121 Å². The second-order valence-corrected chi connectivity index (χ2v) is 5.72. The van der Waals surface area contributed by atoms with Gasteiger partial charge in [-0.25, -0.2) is 0 Å². The average molecular weight is 275 g/mol. The fourth-order valence-corrected chi connectivity index (χ4v) is 2.39. The Balaban J connectivity index is 2.00. The number of carbonyl (C=O) groups excluding carboxylic acids is 1. The van der Waals surface area contributed by atoms with E-state index >= 15 is 0 Å². The van der Waals surface area contributed by atoms with Crippen molar-refractivity contribution < 1.29 is 4.79 Å². The normalized spacial score (nSPS) is 16.2. The number of anilines is 2. The lowest BCUT2D eigenvalue weighted by atomic mass is 10.1. The lowest BCUT2D eigenvalue weighted by Crippen LogP contribution is -2.43. The van der Waals surface area contributed by atoms with Crippen LogP contribution in [0.3, 0.4) is 0 Å². The molecule has 0 heterocycles. The first kappa shape index (κ1) is 14.9. The van der Waals surface area contributed by atoms with E-state index in [9.17, 15) is 4.79 Å². The van der Waals surface area contributed by atoms with Crippen LogP contribution in [-0.2, 0) is 4.79 Å². The Bertz CT molecular complexity index is 483. The van der Waals surface area contributed by atoms with Crippen molar-refractivity contribution in [2.75, 3.05) is 24.1 Å². The highest BCUT2D eigenvalue weighted by molar-refractivity contribution is 5.95. The predicted octanol–water partition coefficient (Wildman–Crippen LogP) is 2.64. The highest BCUT2D eigenvalue weighted by atomic mass is 16.2. The molecule has 0 aliphatic heterocycles. The Morgan fingerprint density at radius 1 is 1.50 bits per heavy atom. The molecule has 110 valence electrons. The van der Waals surface area contributed by atoms with Crippen LogP contribution < -0.4 is 11.1 Å². The molecular formula is C16H25N3O. The molecule has 1 amide bonds. The molecule has 0 aromatic heterocycles. The molecule has 0 bridgehead atoms. The molecule has 0 spiro atoms. The molecule has 1 aromatic carbocycles. The van der Waals surface area contributed by atoms with E-state index in [0.29, 0.717) is 5.69 Å². The number of benzene rings is 1. The van der Waals surface area contributed by atoms with Crippen molar-refractivity contribution >= 4 is 17.3 Å². The molecule has 3 N–H and O–H groups in total. The Morgan fingerprint density at radius 2 is 2.20 bits per heavy atom. The zero-order valence-corrected chi connectivity index (χ0v) is 12.6. The second kappa shape index (κ2) is 6.27. The van der Waals surface area contributed by atoms with Gasteiger partial charge in [0.1, 0.15) is 0 Å². The number of likely N-dealkylation sites (N-methyl/N-ethyl adjacent to an activating group) is 1. The monoisotopic (exact) mass is 275 g/mol. The first-order chi connectivity index (χ1) is 9.52. The van der Waals surface area contributed by atoms with Crippen LogP contribution in [-0.4, -0.2) is 29.9 Å². The lowest BCUT2D eigenvalue weighted by Gasteiger charge is -2.27. The molecule has 1 saturated carbocycles. The van der Waals surface area contributed by atoms with E-state index in [2.05, 4.69) is 17.1 Å². The fraction of sp³-hybridized carbons (Fsp3) is 0.562. The van der Waals surface area contributed by atoms with Crippen LogP contribution in [0.15, 0.2) is 18.2 Å². The molecule has 1 aromatic rings. The third kappa shape index (κ3) is 3.51.